The molecule has 0 aliphatic heterocycles. The predicted octanol–water partition coefficient (Wildman–Crippen LogP) is 6.13. The summed E-state index contributed by atoms with van der Waals surface area (Å²) in [5, 5.41) is 19.2. The molecule has 0 bridgehead atoms. The molecule has 3 N–H and O–H groups in total. The van der Waals surface area contributed by atoms with Gasteiger partial charge < -0.3 is 20.5 Å². The molecule has 3 unspecified atom stereocenters. The van der Waals surface area contributed by atoms with Gasteiger partial charge in [0.15, 0.2) is 0 Å². The van der Waals surface area contributed by atoms with Crippen LogP contribution < -0.4 is 10.6 Å². The lowest BCUT2D eigenvalue weighted by Crippen LogP contribution is -2.59. The quantitative estimate of drug-likeness (QED) is 0.208. The number of esters is 1. The molecule has 6 heteroatoms. The number of carbonyl (C=O) groups is 1. The fourth-order valence-corrected chi connectivity index (χ4v) is 10.4. The number of aromatic nitrogens is 1. The van der Waals surface area contributed by atoms with Gasteiger partial charge in [0.1, 0.15) is 0 Å². The van der Waals surface area contributed by atoms with E-state index < -0.39 is 0 Å². The summed E-state index contributed by atoms with van der Waals surface area (Å²) < 4.78 is 4.92. The Morgan fingerprint density at radius 2 is 1.88 bits per heavy atom. The first-order valence-electron chi connectivity index (χ1n) is 16.8. The molecule has 10 atom stereocenters. The van der Waals surface area contributed by atoms with E-state index in [1.165, 1.54) is 70.5 Å². The third kappa shape index (κ3) is 6.55. The SMILES string of the molecule is COC(=O)CC[C@@H](C)[C@H]1CCC2C3C(CC[C@@]21C)[C@@]1(C)CC[C@H](NCCCCNCc2cccnc2)C[C@@H]1C[C@H]3O. The number of carbonyl (C=O) groups excluding carboxylic acids is 1. The zero-order valence-electron chi connectivity index (χ0n) is 26.2. The highest BCUT2D eigenvalue weighted by Gasteiger charge is 2.62. The zero-order valence-corrected chi connectivity index (χ0v) is 26.2. The Morgan fingerprint density at radius 3 is 2.66 bits per heavy atom. The Balaban J connectivity index is 1.10. The van der Waals surface area contributed by atoms with E-state index in [4.69, 9.17) is 4.74 Å². The van der Waals surface area contributed by atoms with Gasteiger partial charge in [0.2, 0.25) is 0 Å². The highest BCUT2D eigenvalue weighted by molar-refractivity contribution is 5.69. The number of aliphatic hydroxyl groups excluding tert-OH is 1. The van der Waals surface area contributed by atoms with E-state index in [1.807, 2.05) is 18.5 Å². The van der Waals surface area contributed by atoms with Crippen LogP contribution in [0.3, 0.4) is 0 Å². The summed E-state index contributed by atoms with van der Waals surface area (Å²) in [6.07, 6.45) is 17.3. The van der Waals surface area contributed by atoms with Crippen molar-refractivity contribution in [3.63, 3.8) is 0 Å². The number of rotatable bonds is 12. The summed E-state index contributed by atoms with van der Waals surface area (Å²) >= 11 is 0. The van der Waals surface area contributed by atoms with Crippen LogP contribution in [0, 0.1) is 46.3 Å². The lowest BCUT2D eigenvalue weighted by molar-refractivity contribution is -0.167. The summed E-state index contributed by atoms with van der Waals surface area (Å²) in [5.74, 6) is 3.47. The predicted molar refractivity (Wildman–Crippen MR) is 164 cm³/mol. The van der Waals surface area contributed by atoms with E-state index in [0.29, 0.717) is 58.8 Å². The number of pyridine rings is 1. The first-order valence-corrected chi connectivity index (χ1v) is 16.8. The number of hydrogen-bond acceptors (Lipinski definition) is 6. The smallest absolute Gasteiger partial charge is 0.305 e. The molecule has 4 aliphatic rings. The van der Waals surface area contributed by atoms with Crippen molar-refractivity contribution >= 4 is 5.97 Å². The second-order valence-electron chi connectivity index (χ2n) is 14.8. The number of aliphatic hydroxyl groups is 1. The molecule has 4 aliphatic carbocycles. The number of unbranched alkanes of at least 4 members (excludes halogenated alkanes) is 1. The van der Waals surface area contributed by atoms with Crippen molar-refractivity contribution in [1.29, 1.82) is 0 Å². The van der Waals surface area contributed by atoms with Crippen molar-refractivity contribution in [3.8, 4) is 0 Å². The zero-order chi connectivity index (χ0) is 29.0. The van der Waals surface area contributed by atoms with Gasteiger partial charge in [-0.3, -0.25) is 9.78 Å². The van der Waals surface area contributed by atoms with E-state index in [2.05, 4.69) is 42.5 Å². The number of methoxy groups -OCH3 is 1. The van der Waals surface area contributed by atoms with E-state index >= 15 is 0 Å². The van der Waals surface area contributed by atoms with Crippen LogP contribution in [-0.4, -0.2) is 48.4 Å². The third-order valence-electron chi connectivity index (χ3n) is 12.7. The van der Waals surface area contributed by atoms with Crippen LogP contribution in [0.2, 0.25) is 0 Å². The molecule has 230 valence electrons. The van der Waals surface area contributed by atoms with Crippen LogP contribution in [0.15, 0.2) is 24.5 Å². The summed E-state index contributed by atoms with van der Waals surface area (Å²) in [6, 6.07) is 4.71. The number of hydrogen-bond donors (Lipinski definition) is 3. The normalized spacial score (nSPS) is 38.9. The first-order chi connectivity index (χ1) is 19.8. The van der Waals surface area contributed by atoms with E-state index in [1.54, 1.807) is 0 Å². The Hall–Kier alpha value is -1.50. The molecular formula is C35H57N3O3. The Morgan fingerprint density at radius 1 is 1.10 bits per heavy atom. The van der Waals surface area contributed by atoms with Gasteiger partial charge in [-0.2, -0.15) is 0 Å². The molecule has 4 saturated carbocycles. The maximum atomic E-state index is 11.8. The summed E-state index contributed by atoms with van der Waals surface area (Å²) in [6.45, 7) is 10.5. The molecular weight excluding hydrogens is 510 g/mol. The molecule has 0 aromatic carbocycles. The van der Waals surface area contributed by atoms with Gasteiger partial charge in [-0.25, -0.2) is 0 Å². The summed E-state index contributed by atoms with van der Waals surface area (Å²) in [4.78, 5) is 16.0. The second kappa shape index (κ2) is 13.4. The molecule has 1 aromatic rings. The van der Waals surface area contributed by atoms with E-state index in [-0.39, 0.29) is 12.1 Å². The molecule has 5 rings (SSSR count). The van der Waals surface area contributed by atoms with Crippen molar-refractivity contribution in [1.82, 2.24) is 15.6 Å². The molecule has 0 amide bonds. The van der Waals surface area contributed by atoms with Gasteiger partial charge >= 0.3 is 5.97 Å². The average Bonchev–Trinajstić information content (AvgIpc) is 3.33. The van der Waals surface area contributed by atoms with Crippen LogP contribution >= 0.6 is 0 Å². The van der Waals surface area contributed by atoms with Crippen LogP contribution in [0.4, 0.5) is 0 Å². The summed E-state index contributed by atoms with van der Waals surface area (Å²) in [7, 11) is 1.49. The van der Waals surface area contributed by atoms with Crippen molar-refractivity contribution < 1.29 is 14.6 Å². The standard InChI is InChI=1S/C35H57N3O3/c1-24(9-12-32(40)41-4)28-10-11-29-33-30(14-16-35(28,29)3)34(2)15-13-27(20-26(34)21-31(33)39)38-19-6-5-17-36-22-25-8-7-18-37-23-25/h7-8,18,23-24,26-31,33,36,38-39H,5-6,9-17,19-22H2,1-4H3/t24-,26-,27+,28-,29?,30?,31-,33?,34+,35-/m1/s1. The Kier molecular flexibility index (Phi) is 10.1. The fraction of sp³-hybridized carbons (Fsp3) is 0.829. The van der Waals surface area contributed by atoms with Gasteiger partial charge in [-0.15, -0.1) is 0 Å². The monoisotopic (exact) mass is 567 g/mol. The molecule has 0 radical (unpaired) electrons. The van der Waals surface area contributed by atoms with Gasteiger partial charge in [0, 0.05) is 31.4 Å². The third-order valence-corrected chi connectivity index (χ3v) is 12.7. The number of nitrogens with zero attached hydrogens (tertiary/aromatic N) is 1. The number of nitrogens with one attached hydrogen (secondary N) is 2. The molecule has 0 saturated heterocycles. The van der Waals surface area contributed by atoms with Crippen molar-refractivity contribution in [3.05, 3.63) is 30.1 Å². The van der Waals surface area contributed by atoms with Gasteiger partial charge in [-0.05, 0) is 142 Å². The minimum atomic E-state index is -0.156. The Bertz CT molecular complexity index is 990. The maximum Gasteiger partial charge on any atom is 0.305 e. The second-order valence-corrected chi connectivity index (χ2v) is 14.8. The van der Waals surface area contributed by atoms with Crippen molar-refractivity contribution in [2.24, 2.45) is 46.3 Å². The van der Waals surface area contributed by atoms with E-state index in [9.17, 15) is 9.90 Å². The van der Waals surface area contributed by atoms with E-state index in [0.717, 1.165) is 32.5 Å². The van der Waals surface area contributed by atoms with Crippen LogP contribution in [0.5, 0.6) is 0 Å². The van der Waals surface area contributed by atoms with Crippen LogP contribution in [0.25, 0.3) is 0 Å². The number of fused-ring (bicyclic) bond motifs is 5. The highest BCUT2D eigenvalue weighted by atomic mass is 16.5. The first kappa shape index (κ1) is 30.9. The van der Waals surface area contributed by atoms with Gasteiger partial charge in [-0.1, -0.05) is 26.8 Å². The molecule has 41 heavy (non-hydrogen) atoms. The Labute approximate surface area is 249 Å². The molecule has 1 heterocycles. The lowest BCUT2D eigenvalue weighted by Gasteiger charge is -2.62. The topological polar surface area (TPSA) is 83.5 Å². The molecule has 0 spiro atoms. The summed E-state index contributed by atoms with van der Waals surface area (Å²) in [5.41, 5.74) is 1.91. The van der Waals surface area contributed by atoms with Crippen molar-refractivity contribution in [2.75, 3.05) is 20.2 Å². The van der Waals surface area contributed by atoms with Crippen molar-refractivity contribution in [2.45, 2.75) is 117 Å². The minimum Gasteiger partial charge on any atom is -0.469 e. The van der Waals surface area contributed by atoms with Crippen LogP contribution in [-0.2, 0) is 16.1 Å². The molecule has 4 fully saturated rings. The highest BCUT2D eigenvalue weighted by Crippen LogP contribution is 2.68. The molecule has 1 aromatic heterocycles. The average molecular weight is 568 g/mol. The molecule has 6 nitrogen and oxygen atoms in total. The van der Waals surface area contributed by atoms with Gasteiger partial charge in [0.05, 0.1) is 13.2 Å². The number of ether oxygens (including phenoxy) is 1. The fourth-order valence-electron chi connectivity index (χ4n) is 10.4. The van der Waals surface area contributed by atoms with Gasteiger partial charge in [0.25, 0.3) is 0 Å². The van der Waals surface area contributed by atoms with Crippen LogP contribution in [0.1, 0.15) is 103 Å². The largest absolute Gasteiger partial charge is 0.469 e. The lowest BCUT2D eigenvalue weighted by atomic mass is 9.43. The maximum absolute atomic E-state index is 11.8. The minimum absolute atomic E-state index is 0.0826.